The number of nitro groups is 1. The fourth-order valence-electron chi connectivity index (χ4n) is 1.75. The van der Waals surface area contributed by atoms with Crippen LogP contribution in [0.4, 0.5) is 5.69 Å². The summed E-state index contributed by atoms with van der Waals surface area (Å²) in [6.07, 6.45) is 1.42. The van der Waals surface area contributed by atoms with Gasteiger partial charge in [-0.3, -0.25) is 10.1 Å². The van der Waals surface area contributed by atoms with Gasteiger partial charge in [0.25, 0.3) is 5.69 Å². The Morgan fingerprint density at radius 3 is 2.73 bits per heavy atom. The number of oxime groups is 1. The van der Waals surface area contributed by atoms with Gasteiger partial charge in [0.1, 0.15) is 12.9 Å². The SMILES string of the molecule is CO/N=C\c1ccc(Sc2cccc(OC)c2)c([N+](=O)[O-])c1. The zero-order chi connectivity index (χ0) is 15.9. The second-order valence-electron chi connectivity index (χ2n) is 4.18. The summed E-state index contributed by atoms with van der Waals surface area (Å²) in [6, 6.07) is 12.3. The molecule has 0 aliphatic rings. The van der Waals surface area contributed by atoms with Crippen molar-refractivity contribution in [1.29, 1.82) is 0 Å². The number of nitro benzene ring substituents is 1. The molecular formula is C15H14N2O4S. The maximum Gasteiger partial charge on any atom is 0.283 e. The van der Waals surface area contributed by atoms with Crippen molar-refractivity contribution >= 4 is 23.7 Å². The van der Waals surface area contributed by atoms with Gasteiger partial charge in [-0.2, -0.15) is 0 Å². The van der Waals surface area contributed by atoms with E-state index in [1.807, 2.05) is 24.3 Å². The van der Waals surface area contributed by atoms with Gasteiger partial charge in [-0.15, -0.1) is 0 Å². The van der Waals surface area contributed by atoms with Crippen LogP contribution in [0.15, 0.2) is 57.4 Å². The highest BCUT2D eigenvalue weighted by atomic mass is 32.2. The van der Waals surface area contributed by atoms with Crippen LogP contribution >= 0.6 is 11.8 Å². The zero-order valence-corrected chi connectivity index (χ0v) is 12.9. The van der Waals surface area contributed by atoms with Crippen LogP contribution in [0.1, 0.15) is 5.56 Å². The third-order valence-electron chi connectivity index (χ3n) is 2.76. The van der Waals surface area contributed by atoms with Gasteiger partial charge in [-0.1, -0.05) is 29.1 Å². The molecule has 0 fully saturated rings. The monoisotopic (exact) mass is 318 g/mol. The molecule has 0 spiro atoms. The van der Waals surface area contributed by atoms with Crippen LogP contribution in [-0.4, -0.2) is 25.4 Å². The quantitative estimate of drug-likeness (QED) is 0.461. The van der Waals surface area contributed by atoms with Gasteiger partial charge < -0.3 is 9.57 Å². The molecule has 2 rings (SSSR count). The van der Waals surface area contributed by atoms with Gasteiger partial charge >= 0.3 is 0 Å². The average molecular weight is 318 g/mol. The van der Waals surface area contributed by atoms with Crippen molar-refractivity contribution in [3.8, 4) is 5.75 Å². The molecule has 2 aromatic carbocycles. The molecule has 0 aliphatic carbocycles. The second-order valence-corrected chi connectivity index (χ2v) is 5.30. The van der Waals surface area contributed by atoms with E-state index in [0.29, 0.717) is 16.2 Å². The first-order valence-electron chi connectivity index (χ1n) is 6.31. The number of hydrogen-bond acceptors (Lipinski definition) is 6. The van der Waals surface area contributed by atoms with Crippen LogP contribution in [0.2, 0.25) is 0 Å². The second kappa shape index (κ2) is 7.46. The average Bonchev–Trinajstić information content (AvgIpc) is 2.53. The van der Waals surface area contributed by atoms with Crippen molar-refractivity contribution < 1.29 is 14.5 Å². The van der Waals surface area contributed by atoms with E-state index in [2.05, 4.69) is 9.99 Å². The van der Waals surface area contributed by atoms with Crippen LogP contribution in [-0.2, 0) is 4.84 Å². The number of benzene rings is 2. The molecule has 0 radical (unpaired) electrons. The summed E-state index contributed by atoms with van der Waals surface area (Å²) in [5.41, 5.74) is 0.622. The van der Waals surface area contributed by atoms with Crippen LogP contribution in [0.5, 0.6) is 5.75 Å². The first-order valence-corrected chi connectivity index (χ1v) is 7.12. The minimum atomic E-state index is -0.410. The minimum Gasteiger partial charge on any atom is -0.497 e. The molecule has 0 saturated carbocycles. The molecule has 0 atom stereocenters. The highest BCUT2D eigenvalue weighted by Gasteiger charge is 2.15. The third-order valence-corrected chi connectivity index (χ3v) is 3.81. The summed E-state index contributed by atoms with van der Waals surface area (Å²) in [7, 11) is 2.99. The van der Waals surface area contributed by atoms with Crippen molar-refractivity contribution in [2.45, 2.75) is 9.79 Å². The molecule has 7 heteroatoms. The van der Waals surface area contributed by atoms with E-state index in [1.54, 1.807) is 19.2 Å². The molecule has 6 nitrogen and oxygen atoms in total. The van der Waals surface area contributed by atoms with E-state index in [0.717, 1.165) is 4.90 Å². The molecule has 2 aromatic rings. The van der Waals surface area contributed by atoms with E-state index in [9.17, 15) is 10.1 Å². The van der Waals surface area contributed by atoms with E-state index < -0.39 is 4.92 Å². The number of nitrogens with zero attached hydrogens (tertiary/aromatic N) is 2. The van der Waals surface area contributed by atoms with Crippen molar-refractivity contribution in [2.75, 3.05) is 14.2 Å². The van der Waals surface area contributed by atoms with E-state index >= 15 is 0 Å². The van der Waals surface area contributed by atoms with Crippen molar-refractivity contribution in [1.82, 2.24) is 0 Å². The molecule has 0 aliphatic heterocycles. The summed E-state index contributed by atoms with van der Waals surface area (Å²) in [6.45, 7) is 0. The van der Waals surface area contributed by atoms with Gasteiger partial charge in [0.2, 0.25) is 0 Å². The Balaban J connectivity index is 2.33. The highest BCUT2D eigenvalue weighted by molar-refractivity contribution is 7.99. The standard InChI is InChI=1S/C15H14N2O4S/c1-20-12-4-3-5-13(9-12)22-15-7-6-11(10-16-21-2)8-14(15)17(18)19/h3-10H,1-2H3/b16-10-. The summed E-state index contributed by atoms with van der Waals surface area (Å²) < 4.78 is 5.16. The van der Waals surface area contributed by atoms with Crippen molar-refractivity contribution in [2.24, 2.45) is 5.16 Å². The van der Waals surface area contributed by atoms with Gasteiger partial charge in [0.15, 0.2) is 0 Å². The Morgan fingerprint density at radius 2 is 2.05 bits per heavy atom. The smallest absolute Gasteiger partial charge is 0.283 e. The summed E-state index contributed by atoms with van der Waals surface area (Å²) in [5, 5.41) is 14.9. The van der Waals surface area contributed by atoms with E-state index in [1.165, 1.54) is 31.2 Å². The topological polar surface area (TPSA) is 74.0 Å². The van der Waals surface area contributed by atoms with Crippen LogP contribution in [0.3, 0.4) is 0 Å². The molecule has 114 valence electrons. The fourth-order valence-corrected chi connectivity index (χ4v) is 2.70. The Morgan fingerprint density at radius 1 is 1.23 bits per heavy atom. The Kier molecular flexibility index (Phi) is 5.37. The lowest BCUT2D eigenvalue weighted by atomic mass is 10.2. The predicted octanol–water partition coefficient (Wildman–Crippen LogP) is 3.73. The van der Waals surface area contributed by atoms with Gasteiger partial charge in [0, 0.05) is 16.5 Å². The van der Waals surface area contributed by atoms with Gasteiger partial charge in [0.05, 0.1) is 23.1 Å². The number of ether oxygens (including phenoxy) is 1. The molecule has 0 aromatic heterocycles. The number of methoxy groups -OCH3 is 1. The number of rotatable bonds is 6. The van der Waals surface area contributed by atoms with Crippen LogP contribution < -0.4 is 4.74 Å². The lowest BCUT2D eigenvalue weighted by molar-refractivity contribution is -0.387. The molecule has 0 unspecified atom stereocenters. The van der Waals surface area contributed by atoms with Crippen molar-refractivity contribution in [3.63, 3.8) is 0 Å². The minimum absolute atomic E-state index is 0.0212. The third kappa shape index (κ3) is 3.98. The fraction of sp³-hybridized carbons (Fsp3) is 0.133. The maximum absolute atomic E-state index is 11.3. The molecule has 22 heavy (non-hydrogen) atoms. The van der Waals surface area contributed by atoms with Gasteiger partial charge in [-0.25, -0.2) is 0 Å². The molecule has 0 amide bonds. The maximum atomic E-state index is 11.3. The summed E-state index contributed by atoms with van der Waals surface area (Å²) in [5.74, 6) is 0.705. The molecule has 0 heterocycles. The van der Waals surface area contributed by atoms with Crippen molar-refractivity contribution in [3.05, 3.63) is 58.1 Å². The first kappa shape index (κ1) is 15.8. The lowest BCUT2D eigenvalue weighted by Crippen LogP contribution is -1.93. The van der Waals surface area contributed by atoms with Crippen LogP contribution in [0, 0.1) is 10.1 Å². The molecule has 0 bridgehead atoms. The molecule has 0 N–H and O–H groups in total. The Labute approximate surface area is 131 Å². The first-order chi connectivity index (χ1) is 10.6. The highest BCUT2D eigenvalue weighted by Crippen LogP contribution is 2.36. The van der Waals surface area contributed by atoms with E-state index in [4.69, 9.17) is 4.74 Å². The zero-order valence-electron chi connectivity index (χ0n) is 12.1. The molecule has 0 saturated heterocycles. The number of hydrogen-bond donors (Lipinski definition) is 0. The summed E-state index contributed by atoms with van der Waals surface area (Å²) in [4.78, 5) is 16.8. The Hall–Kier alpha value is -2.54. The van der Waals surface area contributed by atoms with Crippen LogP contribution in [0.25, 0.3) is 0 Å². The van der Waals surface area contributed by atoms with E-state index in [-0.39, 0.29) is 5.69 Å². The summed E-state index contributed by atoms with van der Waals surface area (Å²) >= 11 is 1.31. The Bertz CT molecular complexity index is 704. The largest absolute Gasteiger partial charge is 0.497 e. The predicted molar refractivity (Wildman–Crippen MR) is 84.8 cm³/mol. The lowest BCUT2D eigenvalue weighted by Gasteiger charge is -2.06. The molecular weight excluding hydrogens is 304 g/mol. The van der Waals surface area contributed by atoms with Gasteiger partial charge in [-0.05, 0) is 24.3 Å². The normalized spacial score (nSPS) is 10.6.